The lowest BCUT2D eigenvalue weighted by Crippen LogP contribution is -2.37. The summed E-state index contributed by atoms with van der Waals surface area (Å²) < 4.78 is 39.3. The van der Waals surface area contributed by atoms with Gasteiger partial charge in [-0.25, -0.2) is 0 Å². The summed E-state index contributed by atoms with van der Waals surface area (Å²) in [6, 6.07) is 5.10. The molecule has 0 aromatic heterocycles. The second-order valence-corrected chi connectivity index (χ2v) is 7.59. The average Bonchev–Trinajstić information content (AvgIpc) is 3.04. The summed E-state index contributed by atoms with van der Waals surface area (Å²) in [4.78, 5) is 28.5. The molecule has 27 heavy (non-hydrogen) atoms. The van der Waals surface area contributed by atoms with Crippen LogP contribution in [0, 0.1) is 11.8 Å². The van der Waals surface area contributed by atoms with Crippen molar-refractivity contribution in [1.29, 1.82) is 0 Å². The van der Waals surface area contributed by atoms with Gasteiger partial charge < -0.3 is 9.80 Å². The fraction of sp³-hybridized carbons (Fsp3) is 0.600. The Balaban J connectivity index is 2.35. The first kappa shape index (κ1) is 21.3. The van der Waals surface area contributed by atoms with Gasteiger partial charge in [0.15, 0.2) is 0 Å². The van der Waals surface area contributed by atoms with Crippen molar-refractivity contribution in [2.24, 2.45) is 11.8 Å². The highest BCUT2D eigenvalue weighted by Crippen LogP contribution is 2.37. The number of alkyl halides is 3. The molecule has 1 aliphatic heterocycles. The van der Waals surface area contributed by atoms with Crippen LogP contribution >= 0.6 is 0 Å². The van der Waals surface area contributed by atoms with Gasteiger partial charge in [0.05, 0.1) is 11.5 Å². The number of carbonyl (C=O) groups is 2. The fourth-order valence-electron chi connectivity index (χ4n) is 3.46. The Morgan fingerprint density at radius 1 is 1.26 bits per heavy atom. The first-order valence-corrected chi connectivity index (χ1v) is 9.24. The van der Waals surface area contributed by atoms with Gasteiger partial charge in [-0.3, -0.25) is 9.59 Å². The van der Waals surface area contributed by atoms with E-state index >= 15 is 0 Å². The molecule has 0 spiro atoms. The zero-order chi connectivity index (χ0) is 20.4. The van der Waals surface area contributed by atoms with Crippen molar-refractivity contribution in [1.82, 2.24) is 9.80 Å². The third-order valence-electron chi connectivity index (χ3n) is 5.07. The smallest absolute Gasteiger partial charge is 0.346 e. The molecule has 0 bridgehead atoms. The predicted octanol–water partition coefficient (Wildman–Crippen LogP) is 3.77. The number of carbonyl (C=O) groups excluding carboxylic acids is 2. The Hall–Kier alpha value is -2.05. The molecule has 2 atom stereocenters. The number of halogens is 3. The molecule has 1 aromatic carbocycles. The number of benzene rings is 1. The fourth-order valence-corrected chi connectivity index (χ4v) is 3.46. The minimum Gasteiger partial charge on any atom is -0.346 e. The van der Waals surface area contributed by atoms with Crippen molar-refractivity contribution < 1.29 is 22.8 Å². The summed E-state index contributed by atoms with van der Waals surface area (Å²) in [6.45, 7) is 6.73. The SMILES string of the molecule is CCN(C)C(=O)[C@@H]1CN(C(=O)CC(C)C)C[C@H]1c1cccc(C(F)(F)F)c1. The van der Waals surface area contributed by atoms with Crippen LogP contribution in [0.3, 0.4) is 0 Å². The predicted molar refractivity (Wildman–Crippen MR) is 97.0 cm³/mol. The number of rotatable bonds is 5. The third kappa shape index (κ3) is 5.02. The standard InChI is InChI=1S/C20H27F3N2O2/c1-5-24(4)19(27)17-12-25(18(26)9-13(2)3)11-16(17)14-7-6-8-15(10-14)20(21,22)23/h6-8,10,13,16-17H,5,9,11-12H2,1-4H3/t16-,17+/m0/s1. The second-order valence-electron chi connectivity index (χ2n) is 7.59. The first-order chi connectivity index (χ1) is 12.5. The van der Waals surface area contributed by atoms with Gasteiger partial charge in [0.25, 0.3) is 0 Å². The molecular formula is C20H27F3N2O2. The van der Waals surface area contributed by atoms with E-state index in [1.807, 2.05) is 20.8 Å². The molecular weight excluding hydrogens is 357 g/mol. The van der Waals surface area contributed by atoms with E-state index in [4.69, 9.17) is 0 Å². The van der Waals surface area contributed by atoms with Crippen molar-refractivity contribution in [3.63, 3.8) is 0 Å². The highest BCUT2D eigenvalue weighted by molar-refractivity contribution is 5.83. The van der Waals surface area contributed by atoms with Crippen molar-refractivity contribution in [2.45, 2.75) is 39.3 Å². The van der Waals surface area contributed by atoms with E-state index in [1.54, 1.807) is 22.9 Å². The zero-order valence-electron chi connectivity index (χ0n) is 16.2. The molecule has 1 heterocycles. The molecule has 0 saturated carbocycles. The maximum absolute atomic E-state index is 13.1. The summed E-state index contributed by atoms with van der Waals surface area (Å²) >= 11 is 0. The monoisotopic (exact) mass is 384 g/mol. The number of hydrogen-bond donors (Lipinski definition) is 0. The largest absolute Gasteiger partial charge is 0.416 e. The minimum absolute atomic E-state index is 0.0589. The number of likely N-dealkylation sites (tertiary alicyclic amines) is 1. The zero-order valence-corrected chi connectivity index (χ0v) is 16.2. The van der Waals surface area contributed by atoms with Gasteiger partial charge in [0.1, 0.15) is 0 Å². The van der Waals surface area contributed by atoms with Gasteiger partial charge in [-0.05, 0) is 24.5 Å². The van der Waals surface area contributed by atoms with Gasteiger partial charge >= 0.3 is 6.18 Å². The highest BCUT2D eigenvalue weighted by Gasteiger charge is 2.42. The molecule has 1 fully saturated rings. The van der Waals surface area contributed by atoms with Crippen LogP contribution in [-0.2, 0) is 15.8 Å². The lowest BCUT2D eigenvalue weighted by Gasteiger charge is -2.24. The second kappa shape index (κ2) is 8.31. The summed E-state index contributed by atoms with van der Waals surface area (Å²) in [5.41, 5.74) is -0.283. The molecule has 4 nitrogen and oxygen atoms in total. The molecule has 0 aliphatic carbocycles. The summed E-state index contributed by atoms with van der Waals surface area (Å²) in [7, 11) is 1.67. The van der Waals surface area contributed by atoms with E-state index in [0.29, 0.717) is 18.5 Å². The lowest BCUT2D eigenvalue weighted by molar-refractivity contribution is -0.137. The van der Waals surface area contributed by atoms with Crippen LogP contribution in [0.1, 0.15) is 44.2 Å². The van der Waals surface area contributed by atoms with E-state index in [9.17, 15) is 22.8 Å². The van der Waals surface area contributed by atoms with Crippen LogP contribution in [0.5, 0.6) is 0 Å². The summed E-state index contributed by atoms with van der Waals surface area (Å²) in [6.07, 6.45) is -4.08. The summed E-state index contributed by atoms with van der Waals surface area (Å²) in [5, 5.41) is 0. The number of amides is 2. The van der Waals surface area contributed by atoms with E-state index in [0.717, 1.165) is 12.1 Å². The molecule has 1 aromatic rings. The van der Waals surface area contributed by atoms with E-state index in [1.165, 1.54) is 6.07 Å². The molecule has 0 N–H and O–H groups in total. The summed E-state index contributed by atoms with van der Waals surface area (Å²) in [5.74, 6) is -0.992. The van der Waals surface area contributed by atoms with Crippen LogP contribution in [0.2, 0.25) is 0 Å². The van der Waals surface area contributed by atoms with E-state index in [2.05, 4.69) is 0 Å². The van der Waals surface area contributed by atoms with Crippen molar-refractivity contribution in [2.75, 3.05) is 26.7 Å². The quantitative estimate of drug-likeness (QED) is 0.775. The number of nitrogens with zero attached hydrogens (tertiary/aromatic N) is 2. The molecule has 1 aliphatic rings. The van der Waals surface area contributed by atoms with Gasteiger partial charge in [0.2, 0.25) is 11.8 Å². The Bertz CT molecular complexity index is 688. The topological polar surface area (TPSA) is 40.6 Å². The lowest BCUT2D eigenvalue weighted by atomic mass is 9.87. The maximum Gasteiger partial charge on any atom is 0.416 e. The van der Waals surface area contributed by atoms with Crippen LogP contribution in [0.15, 0.2) is 24.3 Å². The normalized spacial score (nSPS) is 20.2. The van der Waals surface area contributed by atoms with E-state index in [-0.39, 0.29) is 30.8 Å². The molecule has 1 saturated heterocycles. The van der Waals surface area contributed by atoms with Crippen LogP contribution in [-0.4, -0.2) is 48.3 Å². The van der Waals surface area contributed by atoms with Gasteiger partial charge in [-0.15, -0.1) is 0 Å². The molecule has 2 rings (SSSR count). The van der Waals surface area contributed by atoms with Crippen LogP contribution in [0.25, 0.3) is 0 Å². The van der Waals surface area contributed by atoms with Crippen molar-refractivity contribution in [3.8, 4) is 0 Å². The maximum atomic E-state index is 13.1. The molecule has 0 radical (unpaired) electrons. The van der Waals surface area contributed by atoms with Crippen molar-refractivity contribution >= 4 is 11.8 Å². The van der Waals surface area contributed by atoms with Crippen molar-refractivity contribution in [3.05, 3.63) is 35.4 Å². The molecule has 7 heteroatoms. The first-order valence-electron chi connectivity index (χ1n) is 9.24. The third-order valence-corrected chi connectivity index (χ3v) is 5.07. The average molecular weight is 384 g/mol. The van der Waals surface area contributed by atoms with Crippen LogP contribution in [0.4, 0.5) is 13.2 Å². The Kier molecular flexibility index (Phi) is 6.54. The minimum atomic E-state index is -4.44. The van der Waals surface area contributed by atoms with Gasteiger partial charge in [0, 0.05) is 39.0 Å². The molecule has 150 valence electrons. The molecule has 0 unspecified atom stereocenters. The molecule has 2 amide bonds. The highest BCUT2D eigenvalue weighted by atomic mass is 19.4. The van der Waals surface area contributed by atoms with E-state index < -0.39 is 23.6 Å². The Morgan fingerprint density at radius 3 is 2.48 bits per heavy atom. The van der Waals surface area contributed by atoms with Crippen LogP contribution < -0.4 is 0 Å². The number of hydrogen-bond acceptors (Lipinski definition) is 2. The van der Waals surface area contributed by atoms with Gasteiger partial charge in [-0.1, -0.05) is 32.0 Å². The Morgan fingerprint density at radius 2 is 1.93 bits per heavy atom. The van der Waals surface area contributed by atoms with Gasteiger partial charge in [-0.2, -0.15) is 13.2 Å². The Labute approximate surface area is 158 Å².